The van der Waals surface area contributed by atoms with E-state index >= 15 is 0 Å². The molecule has 0 spiro atoms. The first kappa shape index (κ1) is 20.5. The van der Waals surface area contributed by atoms with Crippen LogP contribution >= 0.6 is 15.6 Å². The zero-order valence-corrected chi connectivity index (χ0v) is 11.7. The van der Waals surface area contributed by atoms with Crippen LogP contribution in [0.3, 0.4) is 0 Å². The molecule has 13 nitrogen and oxygen atoms in total. The monoisotopic (exact) mass is 360 g/mol. The summed E-state index contributed by atoms with van der Waals surface area (Å²) in [6, 6.07) is 0. The maximum Gasteiger partial charge on any atom is 0.478 e. The number of hydrogen-bond acceptors (Lipinski definition) is 9. The standard InChI is InChI=1S/C3H6N6.Fe.H4O7P2/c4-1-7-2(5)9-3(6)8-1;;1-8(2,3)7-9(4,5)6/h(H6,4,5,6,7,8,9);;(H2,1,2,3)(H2,4,5,6). The van der Waals surface area contributed by atoms with Crippen molar-refractivity contribution in [3.05, 3.63) is 0 Å². The van der Waals surface area contributed by atoms with Crippen molar-refractivity contribution in [1.29, 1.82) is 0 Å². The molecule has 1 rings (SSSR count). The van der Waals surface area contributed by atoms with Crippen LogP contribution in [0, 0.1) is 0 Å². The zero-order chi connectivity index (χ0) is 14.6. The maximum atomic E-state index is 9.63. The Hall–Kier alpha value is -0.811. The predicted octanol–water partition coefficient (Wildman–Crippen LogP) is -2.20. The second kappa shape index (κ2) is 7.70. The van der Waals surface area contributed by atoms with Gasteiger partial charge in [0, 0.05) is 17.1 Å². The van der Waals surface area contributed by atoms with Crippen LogP contribution in [0.4, 0.5) is 17.8 Å². The molecule has 112 valence electrons. The van der Waals surface area contributed by atoms with Gasteiger partial charge in [-0.05, 0) is 0 Å². The molecule has 10 N–H and O–H groups in total. The Balaban J connectivity index is 0. The topological polar surface area (TPSA) is 241 Å². The smallest absolute Gasteiger partial charge is 0.368 e. The van der Waals surface area contributed by atoms with Gasteiger partial charge in [-0.1, -0.05) is 0 Å². The molecule has 0 fully saturated rings. The first-order valence-electron chi connectivity index (χ1n) is 3.74. The molecule has 0 saturated carbocycles. The summed E-state index contributed by atoms with van der Waals surface area (Å²) in [5, 5.41) is 0. The average molecular weight is 360 g/mol. The van der Waals surface area contributed by atoms with E-state index in [-0.39, 0.29) is 34.9 Å². The minimum atomic E-state index is -5.05. The van der Waals surface area contributed by atoms with Gasteiger partial charge in [0.05, 0.1) is 0 Å². The second-order valence-electron chi connectivity index (χ2n) is 2.47. The van der Waals surface area contributed by atoms with Crippen molar-refractivity contribution in [3.8, 4) is 0 Å². The predicted molar refractivity (Wildman–Crippen MR) is 58.2 cm³/mol. The van der Waals surface area contributed by atoms with Gasteiger partial charge in [0.25, 0.3) is 0 Å². The molecule has 1 aromatic heterocycles. The third-order valence-corrected chi connectivity index (χ3v) is 2.60. The van der Waals surface area contributed by atoms with E-state index in [1.807, 2.05) is 0 Å². The summed E-state index contributed by atoms with van der Waals surface area (Å²) in [5.74, 6) is 0.125. The summed E-state index contributed by atoms with van der Waals surface area (Å²) in [6.45, 7) is 0. The van der Waals surface area contributed by atoms with E-state index in [9.17, 15) is 9.13 Å². The molecule has 0 atom stereocenters. The van der Waals surface area contributed by atoms with Gasteiger partial charge in [-0.3, -0.25) is 0 Å². The van der Waals surface area contributed by atoms with Crippen LogP contribution < -0.4 is 17.2 Å². The molecule has 0 aliphatic heterocycles. The van der Waals surface area contributed by atoms with Crippen molar-refractivity contribution in [3.63, 3.8) is 0 Å². The molecule has 0 aliphatic carbocycles. The Morgan fingerprint density at radius 3 is 1.11 bits per heavy atom. The average Bonchev–Trinajstić information content (AvgIpc) is 1.92. The van der Waals surface area contributed by atoms with Crippen LogP contribution in [0.2, 0.25) is 0 Å². The van der Waals surface area contributed by atoms with Gasteiger partial charge in [0.1, 0.15) is 0 Å². The molecule has 0 radical (unpaired) electrons. The Morgan fingerprint density at radius 2 is 1.00 bits per heavy atom. The van der Waals surface area contributed by atoms with Gasteiger partial charge in [-0.2, -0.15) is 19.3 Å². The SMILES string of the molecule is Nc1nc(N)nc(N)n1.O=P(O)(O)OP(=O)(O)O.[Fe]. The largest absolute Gasteiger partial charge is 0.478 e. The molecule has 0 bridgehead atoms. The number of phosphoric acid groups is 2. The maximum absolute atomic E-state index is 9.63. The number of aromatic nitrogens is 3. The van der Waals surface area contributed by atoms with E-state index < -0.39 is 15.6 Å². The zero-order valence-electron chi connectivity index (χ0n) is 8.84. The number of anilines is 3. The Kier molecular flexibility index (Phi) is 8.31. The quantitative estimate of drug-likeness (QED) is 0.219. The van der Waals surface area contributed by atoms with Gasteiger partial charge in [0.2, 0.25) is 17.8 Å². The van der Waals surface area contributed by atoms with E-state index in [1.54, 1.807) is 0 Å². The van der Waals surface area contributed by atoms with Crippen LogP contribution in [0.1, 0.15) is 0 Å². The van der Waals surface area contributed by atoms with Gasteiger partial charge in [-0.25, -0.2) is 9.13 Å². The molecule has 0 amide bonds. The summed E-state index contributed by atoms with van der Waals surface area (Å²) in [6.07, 6.45) is 0. The normalized spacial score (nSPS) is 10.9. The van der Waals surface area contributed by atoms with E-state index in [1.165, 1.54) is 0 Å². The first-order chi connectivity index (χ1) is 7.89. The third kappa shape index (κ3) is 13.4. The van der Waals surface area contributed by atoms with Crippen LogP contribution in [0.5, 0.6) is 0 Å². The molecule has 0 saturated heterocycles. The van der Waals surface area contributed by atoms with Crippen LogP contribution in [0.15, 0.2) is 0 Å². The van der Waals surface area contributed by atoms with Gasteiger partial charge in [-0.15, -0.1) is 0 Å². The summed E-state index contributed by atoms with van der Waals surface area (Å²) in [4.78, 5) is 41.5. The van der Waals surface area contributed by atoms with Gasteiger partial charge >= 0.3 is 15.6 Å². The molecule has 0 unspecified atom stereocenters. The minimum Gasteiger partial charge on any atom is -0.368 e. The number of nitrogens with two attached hydrogens (primary N) is 3. The fraction of sp³-hybridized carbons (Fsp3) is 0. The minimum absolute atomic E-state index is 0. The molecule has 0 aliphatic rings. The fourth-order valence-corrected chi connectivity index (χ4v) is 1.67. The van der Waals surface area contributed by atoms with E-state index in [0.29, 0.717) is 0 Å². The first-order valence-corrected chi connectivity index (χ1v) is 6.80. The number of nitrogens with zero attached hydrogens (tertiary/aromatic N) is 3. The Bertz CT molecular complexity index is 431. The number of rotatable bonds is 2. The molecular formula is C3H10FeN6O7P2. The number of hydrogen-bond donors (Lipinski definition) is 7. The summed E-state index contributed by atoms with van der Waals surface area (Å²) in [7, 11) is -10.1. The van der Waals surface area contributed by atoms with E-state index in [2.05, 4.69) is 19.3 Å². The molecular weight excluding hydrogens is 350 g/mol. The van der Waals surface area contributed by atoms with E-state index in [0.717, 1.165) is 0 Å². The molecule has 1 aromatic rings. The Morgan fingerprint density at radius 1 is 0.789 bits per heavy atom. The van der Waals surface area contributed by atoms with Crippen molar-refractivity contribution < 1.29 is 50.1 Å². The number of nitrogen functional groups attached to an aromatic ring is 3. The fourth-order valence-electron chi connectivity index (χ4n) is 0.566. The summed E-state index contributed by atoms with van der Waals surface area (Å²) < 4.78 is 22.2. The van der Waals surface area contributed by atoms with Crippen molar-refractivity contribution in [2.75, 3.05) is 17.2 Å². The van der Waals surface area contributed by atoms with Gasteiger partial charge in [0.15, 0.2) is 0 Å². The van der Waals surface area contributed by atoms with Crippen molar-refractivity contribution in [2.45, 2.75) is 0 Å². The summed E-state index contributed by atoms with van der Waals surface area (Å²) >= 11 is 0. The molecule has 16 heteroatoms. The van der Waals surface area contributed by atoms with Crippen LogP contribution in [-0.4, -0.2) is 34.5 Å². The van der Waals surface area contributed by atoms with Crippen LogP contribution in [-0.2, 0) is 30.5 Å². The molecule has 1 heterocycles. The second-order valence-corrected chi connectivity index (χ2v) is 5.09. The van der Waals surface area contributed by atoms with Gasteiger partial charge < -0.3 is 36.8 Å². The van der Waals surface area contributed by atoms with E-state index in [4.69, 9.17) is 36.8 Å². The van der Waals surface area contributed by atoms with Crippen molar-refractivity contribution in [2.24, 2.45) is 0 Å². The van der Waals surface area contributed by atoms with Crippen molar-refractivity contribution in [1.82, 2.24) is 15.0 Å². The third-order valence-electron chi connectivity index (χ3n) is 0.900. The van der Waals surface area contributed by atoms with Crippen LogP contribution in [0.25, 0.3) is 0 Å². The summed E-state index contributed by atoms with van der Waals surface area (Å²) in [5.41, 5.74) is 15.4. The molecule has 19 heavy (non-hydrogen) atoms. The Labute approximate surface area is 116 Å². The van der Waals surface area contributed by atoms with Crippen molar-refractivity contribution >= 4 is 33.5 Å². The molecule has 0 aromatic carbocycles.